The smallest absolute Gasteiger partial charge is 0.347 e. The molecule has 1 N–H and O–H groups in total. The number of fused-ring (bicyclic) bond motifs is 1. The van der Waals surface area contributed by atoms with Crippen molar-refractivity contribution in [2.45, 2.75) is 25.7 Å². The lowest BCUT2D eigenvalue weighted by Crippen LogP contribution is -2.43. The molecule has 27 heavy (non-hydrogen) atoms. The second kappa shape index (κ2) is 8.67. The molecule has 1 heterocycles. The van der Waals surface area contributed by atoms with E-state index >= 15 is 0 Å². The standard InChI is InChI=1S/C17H21N3O6S/c1-4-20-13-9-7-8-10-14(13)27(23,24)19-17(20)18-11-12(15(21)25-5-2)16(22)26-6-3/h7-11H,4-6H2,1-3H3,(H,18,19). The maximum absolute atomic E-state index is 12.4. The van der Waals surface area contributed by atoms with Crippen LogP contribution in [0.25, 0.3) is 0 Å². The molecule has 0 amide bonds. The van der Waals surface area contributed by atoms with Crippen molar-refractivity contribution in [2.24, 2.45) is 4.40 Å². The lowest BCUT2D eigenvalue weighted by molar-refractivity contribution is -0.146. The van der Waals surface area contributed by atoms with E-state index < -0.39 is 27.5 Å². The van der Waals surface area contributed by atoms with Crippen LogP contribution < -0.4 is 10.2 Å². The van der Waals surface area contributed by atoms with Gasteiger partial charge in [0.25, 0.3) is 10.0 Å². The van der Waals surface area contributed by atoms with Crippen molar-refractivity contribution < 1.29 is 27.5 Å². The first-order valence-electron chi connectivity index (χ1n) is 8.38. The average molecular weight is 395 g/mol. The third-order valence-corrected chi connectivity index (χ3v) is 4.86. The van der Waals surface area contributed by atoms with E-state index in [9.17, 15) is 18.0 Å². The van der Waals surface area contributed by atoms with Gasteiger partial charge in [0.05, 0.1) is 18.9 Å². The minimum Gasteiger partial charge on any atom is -0.462 e. The molecule has 2 rings (SSSR count). The molecule has 0 radical (unpaired) electrons. The summed E-state index contributed by atoms with van der Waals surface area (Å²) in [6.45, 7) is 5.55. The monoisotopic (exact) mass is 395 g/mol. The Morgan fingerprint density at radius 3 is 2.26 bits per heavy atom. The summed E-state index contributed by atoms with van der Waals surface area (Å²) in [6, 6.07) is 6.43. The highest BCUT2D eigenvalue weighted by Crippen LogP contribution is 2.30. The van der Waals surface area contributed by atoms with E-state index in [-0.39, 0.29) is 24.1 Å². The highest BCUT2D eigenvalue weighted by atomic mass is 32.2. The topological polar surface area (TPSA) is 114 Å². The Labute approximate surface area is 157 Å². The average Bonchev–Trinajstić information content (AvgIpc) is 2.62. The number of anilines is 1. The molecule has 9 nitrogen and oxygen atoms in total. The van der Waals surface area contributed by atoms with Crippen molar-refractivity contribution in [1.82, 2.24) is 5.32 Å². The molecule has 146 valence electrons. The number of guanidine groups is 1. The molecule has 0 unspecified atom stereocenters. The van der Waals surface area contributed by atoms with Gasteiger partial charge in [-0.15, -0.1) is 4.40 Å². The second-order valence-electron chi connectivity index (χ2n) is 5.25. The Kier molecular flexibility index (Phi) is 6.56. The Morgan fingerprint density at radius 2 is 1.70 bits per heavy atom. The lowest BCUT2D eigenvalue weighted by atomic mass is 10.3. The van der Waals surface area contributed by atoms with Crippen LogP contribution in [0.1, 0.15) is 20.8 Å². The number of nitrogens with zero attached hydrogens (tertiary/aromatic N) is 2. The quantitative estimate of drug-likeness (QED) is 0.330. The Hall–Kier alpha value is -2.88. The van der Waals surface area contributed by atoms with E-state index in [2.05, 4.69) is 9.71 Å². The van der Waals surface area contributed by atoms with Gasteiger partial charge in [-0.1, -0.05) is 12.1 Å². The molecule has 0 bridgehead atoms. The van der Waals surface area contributed by atoms with Crippen LogP contribution in [-0.4, -0.2) is 46.1 Å². The maximum Gasteiger partial charge on any atom is 0.347 e. The van der Waals surface area contributed by atoms with Gasteiger partial charge in [0.15, 0.2) is 5.57 Å². The normalized spacial score (nSPS) is 14.5. The zero-order valence-electron chi connectivity index (χ0n) is 15.3. The molecule has 1 aliphatic heterocycles. The highest BCUT2D eigenvalue weighted by molar-refractivity contribution is 7.90. The molecule has 1 aromatic rings. The molecule has 0 saturated heterocycles. The first-order chi connectivity index (χ1) is 12.9. The number of carbonyl (C=O) groups is 2. The molecular formula is C17H21N3O6S. The number of ether oxygens (including phenoxy) is 2. The fourth-order valence-electron chi connectivity index (χ4n) is 2.40. The summed E-state index contributed by atoms with van der Waals surface area (Å²) in [4.78, 5) is 25.7. The van der Waals surface area contributed by atoms with Crippen LogP contribution in [-0.2, 0) is 29.1 Å². The molecule has 1 aromatic carbocycles. The number of para-hydroxylation sites is 1. The molecular weight excluding hydrogens is 374 g/mol. The van der Waals surface area contributed by atoms with E-state index in [0.717, 1.165) is 6.20 Å². The van der Waals surface area contributed by atoms with Gasteiger partial charge in [0, 0.05) is 12.7 Å². The van der Waals surface area contributed by atoms with Gasteiger partial charge in [-0.25, -0.2) is 9.59 Å². The van der Waals surface area contributed by atoms with Crippen LogP contribution >= 0.6 is 0 Å². The van der Waals surface area contributed by atoms with Crippen molar-refractivity contribution in [3.63, 3.8) is 0 Å². The summed E-state index contributed by atoms with van der Waals surface area (Å²) in [5.41, 5.74) is 0.0495. The Morgan fingerprint density at radius 1 is 1.11 bits per heavy atom. The van der Waals surface area contributed by atoms with E-state index in [1.165, 1.54) is 6.07 Å². The van der Waals surface area contributed by atoms with E-state index in [4.69, 9.17) is 9.47 Å². The Balaban J connectivity index is 2.41. The molecule has 0 aromatic heterocycles. The van der Waals surface area contributed by atoms with Crippen molar-refractivity contribution in [3.8, 4) is 0 Å². The lowest BCUT2D eigenvalue weighted by Gasteiger charge is -2.29. The summed E-state index contributed by atoms with van der Waals surface area (Å²) in [7, 11) is -3.92. The fourth-order valence-corrected chi connectivity index (χ4v) is 3.57. The van der Waals surface area contributed by atoms with Crippen LogP contribution in [0, 0.1) is 0 Å². The number of nitrogens with one attached hydrogen (secondary N) is 1. The number of hydrogen-bond donors (Lipinski definition) is 1. The summed E-state index contributed by atoms with van der Waals surface area (Å²) in [6.07, 6.45) is 1.04. The van der Waals surface area contributed by atoms with Crippen LogP contribution in [0.5, 0.6) is 0 Å². The summed E-state index contributed by atoms with van der Waals surface area (Å²) < 4.78 is 38.2. The van der Waals surface area contributed by atoms with Gasteiger partial charge in [-0.3, -0.25) is 0 Å². The van der Waals surface area contributed by atoms with Gasteiger partial charge < -0.3 is 19.7 Å². The van der Waals surface area contributed by atoms with Gasteiger partial charge >= 0.3 is 11.9 Å². The van der Waals surface area contributed by atoms with Crippen molar-refractivity contribution in [2.75, 3.05) is 24.7 Å². The molecule has 0 saturated carbocycles. The van der Waals surface area contributed by atoms with Crippen molar-refractivity contribution in [1.29, 1.82) is 0 Å². The number of benzene rings is 1. The molecule has 0 aliphatic carbocycles. The minimum absolute atomic E-state index is 0.0395. The summed E-state index contributed by atoms with van der Waals surface area (Å²) >= 11 is 0. The largest absolute Gasteiger partial charge is 0.462 e. The van der Waals surface area contributed by atoms with E-state index in [1.807, 2.05) is 6.92 Å². The zero-order chi connectivity index (χ0) is 20.0. The van der Waals surface area contributed by atoms with Gasteiger partial charge in [0.2, 0.25) is 5.96 Å². The predicted molar refractivity (Wildman–Crippen MR) is 98.6 cm³/mol. The summed E-state index contributed by atoms with van der Waals surface area (Å²) in [5.74, 6) is -1.81. The van der Waals surface area contributed by atoms with Crippen LogP contribution in [0.3, 0.4) is 0 Å². The van der Waals surface area contributed by atoms with Crippen LogP contribution in [0.2, 0.25) is 0 Å². The van der Waals surface area contributed by atoms with E-state index in [0.29, 0.717) is 12.2 Å². The molecule has 1 aliphatic rings. The molecule has 0 atom stereocenters. The van der Waals surface area contributed by atoms with Crippen LogP contribution in [0.4, 0.5) is 5.69 Å². The number of hydrogen-bond acceptors (Lipinski definition) is 8. The van der Waals surface area contributed by atoms with Crippen molar-refractivity contribution in [3.05, 3.63) is 36.0 Å². The molecule has 0 spiro atoms. The maximum atomic E-state index is 12.4. The van der Waals surface area contributed by atoms with Gasteiger partial charge in [-0.2, -0.15) is 8.42 Å². The SMILES string of the molecule is CCOC(=O)C(=CNC1=NS(=O)(=O)c2ccccc2N1CC)C(=O)OCC. The molecule has 10 heteroatoms. The Bertz CT molecular complexity index is 872. The van der Waals surface area contributed by atoms with Crippen molar-refractivity contribution >= 4 is 33.6 Å². The molecule has 0 fully saturated rings. The zero-order valence-corrected chi connectivity index (χ0v) is 16.1. The predicted octanol–water partition coefficient (Wildman–Crippen LogP) is 1.17. The first kappa shape index (κ1) is 20.4. The second-order valence-corrected chi connectivity index (χ2v) is 6.82. The number of sulfonamides is 1. The fraction of sp³-hybridized carbons (Fsp3) is 0.353. The van der Waals surface area contributed by atoms with Gasteiger partial charge in [-0.05, 0) is 32.9 Å². The third-order valence-electron chi connectivity index (χ3n) is 3.55. The van der Waals surface area contributed by atoms with Gasteiger partial charge in [0.1, 0.15) is 4.90 Å². The first-order valence-corrected chi connectivity index (χ1v) is 9.82. The highest BCUT2D eigenvalue weighted by Gasteiger charge is 2.30. The minimum atomic E-state index is -3.92. The number of rotatable bonds is 6. The van der Waals surface area contributed by atoms with E-state index in [1.54, 1.807) is 36.9 Å². The third kappa shape index (κ3) is 4.45. The number of carbonyl (C=O) groups excluding carboxylic acids is 2. The summed E-state index contributed by atoms with van der Waals surface area (Å²) in [5, 5.41) is 2.63. The number of esters is 2. The van der Waals surface area contributed by atoms with Crippen LogP contribution in [0.15, 0.2) is 45.3 Å².